The molecule has 0 atom stereocenters. The van der Waals surface area contributed by atoms with Crippen LogP contribution in [0.2, 0.25) is 0 Å². The van der Waals surface area contributed by atoms with Gasteiger partial charge in [0.15, 0.2) is 22.9 Å². The number of hydrogen-bond donors (Lipinski definition) is 4. The first-order valence-electron chi connectivity index (χ1n) is 10.1. The molecular formula is C21H13BF6N4O7. The molecule has 0 saturated heterocycles. The largest absolute Gasteiger partial charge is 0.573 e. The molecule has 0 bridgehead atoms. The minimum Gasteiger partial charge on any atom is -0.451 e. The summed E-state index contributed by atoms with van der Waals surface area (Å²) in [5.74, 6) is -9.16. The van der Waals surface area contributed by atoms with Crippen LogP contribution in [-0.2, 0) is 6.18 Å². The third kappa shape index (κ3) is 8.21. The second-order valence-electron chi connectivity index (χ2n) is 7.34. The Morgan fingerprint density at radius 2 is 1.62 bits per heavy atom. The maximum Gasteiger partial charge on any atom is 0.573 e. The Balaban J connectivity index is 2.06. The fraction of sp³-hybridized carbons (Fsp3) is 0.143. The van der Waals surface area contributed by atoms with Gasteiger partial charge >= 0.3 is 12.5 Å². The number of pyridine rings is 2. The maximum absolute atomic E-state index is 13.3. The minimum atomic E-state index is -5.19. The van der Waals surface area contributed by atoms with Crippen molar-refractivity contribution in [2.24, 2.45) is 5.73 Å². The van der Waals surface area contributed by atoms with Gasteiger partial charge in [0.25, 0.3) is 17.7 Å². The summed E-state index contributed by atoms with van der Waals surface area (Å²) in [6, 6.07) is 4.36. The molecule has 3 aromatic rings. The number of hydrogen-bond acceptors (Lipinski definition) is 9. The Bertz CT molecular complexity index is 1400. The van der Waals surface area contributed by atoms with E-state index >= 15 is 0 Å². The Labute approximate surface area is 214 Å². The van der Waals surface area contributed by atoms with Gasteiger partial charge in [0.2, 0.25) is 7.85 Å². The van der Waals surface area contributed by atoms with Crippen molar-refractivity contribution < 1.29 is 60.4 Å². The van der Waals surface area contributed by atoms with E-state index in [9.17, 15) is 46.1 Å². The number of carbonyl (C=O) groups excluding carboxylic acids is 2. The number of benzene rings is 1. The number of primary amides is 1. The summed E-state index contributed by atoms with van der Waals surface area (Å²) in [6.07, 6.45) is -8.76. The van der Waals surface area contributed by atoms with Gasteiger partial charge in [-0.05, 0) is 30.3 Å². The number of amides is 2. The minimum absolute atomic E-state index is 0.0670. The number of aromatic nitrogens is 2. The highest BCUT2D eigenvalue weighted by atomic mass is 19.4. The average Bonchev–Trinajstić information content (AvgIpc) is 2.78. The van der Waals surface area contributed by atoms with Crippen molar-refractivity contribution in [3.63, 3.8) is 0 Å². The first kappa shape index (κ1) is 29.0. The predicted octanol–water partition coefficient (Wildman–Crippen LogP) is 2.68. The van der Waals surface area contributed by atoms with E-state index in [0.717, 1.165) is 12.3 Å². The van der Waals surface area contributed by atoms with Crippen LogP contribution in [0.3, 0.4) is 0 Å². The summed E-state index contributed by atoms with van der Waals surface area (Å²) < 4.78 is 91.3. The van der Waals surface area contributed by atoms with E-state index < -0.39 is 64.5 Å². The van der Waals surface area contributed by atoms with E-state index in [1.54, 1.807) is 0 Å². The molecule has 0 aliphatic rings. The lowest BCUT2D eigenvalue weighted by molar-refractivity contribution is -0.274. The van der Waals surface area contributed by atoms with E-state index in [2.05, 4.69) is 24.8 Å². The Kier molecular flexibility index (Phi) is 7.92. The van der Waals surface area contributed by atoms with Gasteiger partial charge in [-0.25, -0.2) is 4.98 Å². The first-order chi connectivity index (χ1) is 17.9. The van der Waals surface area contributed by atoms with E-state index in [4.69, 9.17) is 18.3 Å². The molecule has 0 unspecified atom stereocenters. The highest BCUT2D eigenvalue weighted by Crippen LogP contribution is 2.40. The number of halogens is 6. The summed E-state index contributed by atoms with van der Waals surface area (Å²) in [6.45, 7) is 0. The molecule has 0 saturated carbocycles. The van der Waals surface area contributed by atoms with Crippen LogP contribution in [0.4, 0.5) is 32.0 Å². The Morgan fingerprint density at radius 1 is 0.923 bits per heavy atom. The van der Waals surface area contributed by atoms with Crippen LogP contribution in [0.5, 0.6) is 23.0 Å². The van der Waals surface area contributed by atoms with E-state index in [1.165, 1.54) is 6.07 Å². The van der Waals surface area contributed by atoms with Crippen LogP contribution in [0.1, 0.15) is 26.5 Å². The summed E-state index contributed by atoms with van der Waals surface area (Å²) in [5, 5.41) is 20.9. The molecule has 18 heteroatoms. The highest BCUT2D eigenvalue weighted by molar-refractivity contribution is 6.12. The fourth-order valence-corrected chi connectivity index (χ4v) is 2.81. The average molecular weight is 558 g/mol. The van der Waals surface area contributed by atoms with Gasteiger partial charge < -0.3 is 35.5 Å². The van der Waals surface area contributed by atoms with Gasteiger partial charge in [0.1, 0.15) is 11.4 Å². The number of ether oxygens (including phenoxy) is 3. The van der Waals surface area contributed by atoms with Gasteiger partial charge in [-0.15, -0.1) is 13.2 Å². The summed E-state index contributed by atoms with van der Waals surface area (Å²) >= 11 is 0. The smallest absolute Gasteiger partial charge is 0.451 e. The zero-order valence-corrected chi connectivity index (χ0v) is 18.9. The predicted molar refractivity (Wildman–Crippen MR) is 117 cm³/mol. The fourth-order valence-electron chi connectivity index (χ4n) is 2.81. The number of anilines is 1. The topological polar surface area (TPSA) is 166 Å². The molecule has 2 radical (unpaired) electrons. The lowest BCUT2D eigenvalue weighted by Gasteiger charge is -2.22. The Hall–Kier alpha value is -4.58. The molecule has 39 heavy (non-hydrogen) atoms. The number of rotatable bonds is 8. The molecule has 5 N–H and O–H groups in total. The number of nitrogens with two attached hydrogens (primary N) is 1. The van der Waals surface area contributed by atoms with Crippen molar-refractivity contribution in [1.82, 2.24) is 9.97 Å². The third-order valence-corrected chi connectivity index (χ3v) is 4.29. The van der Waals surface area contributed by atoms with E-state index in [-0.39, 0.29) is 11.4 Å². The number of nitrogens with zero attached hydrogens (tertiary/aromatic N) is 2. The van der Waals surface area contributed by atoms with E-state index in [1.807, 2.05) is 0 Å². The SMILES string of the molecule is [B]C(O)(O)Oc1cc(OC(F)(F)F)ccc1Oc1cc(C(F)(F)F)cnc1C(=O)Nc1ccnc(C(N)=O)c1. The second-order valence-corrected chi connectivity index (χ2v) is 7.34. The summed E-state index contributed by atoms with van der Waals surface area (Å²) in [7, 11) is 4.89. The van der Waals surface area contributed by atoms with Crippen LogP contribution in [0.25, 0.3) is 0 Å². The molecule has 204 valence electrons. The van der Waals surface area contributed by atoms with Crippen LogP contribution in [0.15, 0.2) is 48.8 Å². The van der Waals surface area contributed by atoms with Crippen LogP contribution in [-0.4, -0.2) is 52.1 Å². The molecule has 2 aromatic heterocycles. The summed E-state index contributed by atoms with van der Waals surface area (Å²) in [5.41, 5.74) is 2.61. The normalized spacial score (nSPS) is 12.0. The molecule has 1 aromatic carbocycles. The first-order valence-corrected chi connectivity index (χ1v) is 10.1. The molecule has 3 rings (SSSR count). The Morgan fingerprint density at radius 3 is 2.21 bits per heavy atom. The van der Waals surface area contributed by atoms with Gasteiger partial charge in [-0.2, -0.15) is 13.2 Å². The quantitative estimate of drug-likeness (QED) is 0.185. The monoisotopic (exact) mass is 558 g/mol. The molecule has 11 nitrogen and oxygen atoms in total. The van der Waals surface area contributed by atoms with E-state index in [0.29, 0.717) is 30.5 Å². The van der Waals surface area contributed by atoms with Crippen molar-refractivity contribution in [2.75, 3.05) is 5.32 Å². The zero-order chi connectivity index (χ0) is 29.2. The number of aliphatic hydroxyl groups is 2. The standard InChI is InChI=1S/C21H13BF6N4O7/c22-20(35,36)39-14-7-11(38-21(26,27)28)1-2-13(14)37-15-5-9(19(23,24)25)8-31-16(15)18(34)32-10-3-4-30-12(6-10)17(29)33/h1-8,35-36H,(H2,29,33)(H,30,32,34). The lowest BCUT2D eigenvalue weighted by Crippen LogP contribution is -2.35. The van der Waals surface area contributed by atoms with Crippen molar-refractivity contribution in [3.05, 3.63) is 65.7 Å². The molecule has 2 amide bonds. The van der Waals surface area contributed by atoms with Crippen LogP contribution in [0, 0.1) is 0 Å². The maximum atomic E-state index is 13.3. The van der Waals surface area contributed by atoms with Gasteiger partial charge in [-0.3, -0.25) is 14.6 Å². The second kappa shape index (κ2) is 10.7. The summed E-state index contributed by atoms with van der Waals surface area (Å²) in [4.78, 5) is 31.3. The zero-order valence-electron chi connectivity index (χ0n) is 18.9. The molecule has 0 fully saturated rings. The number of nitrogens with one attached hydrogen (secondary N) is 1. The van der Waals surface area contributed by atoms with Crippen molar-refractivity contribution in [3.8, 4) is 23.0 Å². The molecular weight excluding hydrogens is 545 g/mol. The highest BCUT2D eigenvalue weighted by Gasteiger charge is 2.34. The van der Waals surface area contributed by atoms with Crippen molar-refractivity contribution >= 4 is 25.3 Å². The van der Waals surface area contributed by atoms with Crippen molar-refractivity contribution in [2.45, 2.75) is 18.4 Å². The molecule has 0 aliphatic heterocycles. The van der Waals surface area contributed by atoms with Crippen LogP contribution < -0.4 is 25.3 Å². The molecule has 0 aliphatic carbocycles. The van der Waals surface area contributed by atoms with Gasteiger partial charge in [-0.1, -0.05) is 0 Å². The van der Waals surface area contributed by atoms with Gasteiger partial charge in [0, 0.05) is 24.1 Å². The van der Waals surface area contributed by atoms with Gasteiger partial charge in [0.05, 0.1) is 5.56 Å². The molecule has 0 spiro atoms. The third-order valence-electron chi connectivity index (χ3n) is 4.29. The number of alkyl halides is 6. The van der Waals surface area contributed by atoms with Crippen molar-refractivity contribution in [1.29, 1.82) is 0 Å². The number of carbonyl (C=O) groups is 2. The van der Waals surface area contributed by atoms with Crippen LogP contribution >= 0.6 is 0 Å². The lowest BCUT2D eigenvalue weighted by atomic mass is 10.1. The molecule has 2 heterocycles.